The van der Waals surface area contributed by atoms with Crippen LogP contribution in [0.4, 0.5) is 13.2 Å². The van der Waals surface area contributed by atoms with E-state index in [1.165, 1.54) is 6.33 Å². The second-order valence-electron chi connectivity index (χ2n) is 11.6. The van der Waals surface area contributed by atoms with Crippen LogP contribution in [0.2, 0.25) is 0 Å². The third-order valence-electron chi connectivity index (χ3n) is 8.63. The van der Waals surface area contributed by atoms with Crippen LogP contribution in [0.25, 0.3) is 22.3 Å². The number of nitriles is 1. The largest absolute Gasteiger partial charge is 0.477 e. The molecule has 0 spiro atoms. The van der Waals surface area contributed by atoms with Crippen molar-refractivity contribution >= 4 is 11.0 Å². The molecule has 1 saturated heterocycles. The van der Waals surface area contributed by atoms with Gasteiger partial charge in [0.15, 0.2) is 0 Å². The molecule has 13 heteroatoms. The Morgan fingerprint density at radius 1 is 1.19 bits per heavy atom. The lowest BCUT2D eigenvalue weighted by Crippen LogP contribution is -2.65. The number of likely N-dealkylation sites (tertiary alicyclic amines) is 1. The zero-order chi connectivity index (χ0) is 30.0. The molecule has 5 heterocycles. The highest BCUT2D eigenvalue weighted by Gasteiger charge is 2.48. The zero-order valence-corrected chi connectivity index (χ0v) is 23.9. The molecule has 2 fully saturated rings. The monoisotopic (exact) mass is 593 g/mol. The zero-order valence-electron chi connectivity index (χ0n) is 23.9. The van der Waals surface area contributed by atoms with Gasteiger partial charge in [-0.3, -0.25) is 9.58 Å². The number of H-pyrrole nitrogens is 1. The number of ether oxygens (including phenoxy) is 1. The Morgan fingerprint density at radius 2 is 2.00 bits per heavy atom. The van der Waals surface area contributed by atoms with E-state index in [4.69, 9.17) is 4.74 Å². The Morgan fingerprint density at radius 3 is 2.74 bits per heavy atom. The van der Waals surface area contributed by atoms with Crippen molar-refractivity contribution < 1.29 is 17.9 Å². The highest BCUT2D eigenvalue weighted by Crippen LogP contribution is 2.39. The molecule has 1 aliphatic heterocycles. The summed E-state index contributed by atoms with van der Waals surface area (Å²) in [5, 5.41) is 18.3. The number of nitrogens with zero attached hydrogens (tertiary/aromatic N) is 7. The maximum atomic E-state index is 13.4. The minimum Gasteiger partial charge on any atom is -0.477 e. The third-order valence-corrected chi connectivity index (χ3v) is 8.63. The molecule has 226 valence electrons. The van der Waals surface area contributed by atoms with Crippen molar-refractivity contribution in [2.75, 3.05) is 26.2 Å². The maximum absolute atomic E-state index is 13.4. The number of aromatic nitrogens is 6. The van der Waals surface area contributed by atoms with E-state index in [1.54, 1.807) is 12.3 Å². The first kappa shape index (κ1) is 29.1. The quantitative estimate of drug-likeness (QED) is 0.266. The number of fused-ring (bicyclic) bond motifs is 1. The van der Waals surface area contributed by atoms with Gasteiger partial charge in [-0.1, -0.05) is 6.92 Å². The van der Waals surface area contributed by atoms with Crippen LogP contribution in [0.15, 0.2) is 43.1 Å². The SMILES string of the molecule is CCNCc1cc(OCC2CCC(N3CC(CC#N)(n4cc(-c5ncnc6[nH]ccc56)cn4)C3)CC2)nc(C(F)(F)F)c1. The van der Waals surface area contributed by atoms with Crippen molar-refractivity contribution in [2.45, 2.75) is 63.3 Å². The van der Waals surface area contributed by atoms with Crippen LogP contribution < -0.4 is 10.1 Å². The second-order valence-corrected chi connectivity index (χ2v) is 11.6. The Bertz CT molecular complexity index is 1590. The van der Waals surface area contributed by atoms with Crippen LogP contribution in [0.3, 0.4) is 0 Å². The summed E-state index contributed by atoms with van der Waals surface area (Å²) in [6, 6.07) is 7.35. The van der Waals surface area contributed by atoms with Gasteiger partial charge in [-0.05, 0) is 55.8 Å². The Labute approximate surface area is 247 Å². The molecule has 0 unspecified atom stereocenters. The molecule has 2 aliphatic rings. The molecule has 4 aromatic rings. The van der Waals surface area contributed by atoms with Crippen LogP contribution in [0, 0.1) is 17.2 Å². The minimum absolute atomic E-state index is 0.0201. The number of hydrogen-bond donors (Lipinski definition) is 2. The fourth-order valence-corrected chi connectivity index (χ4v) is 6.29. The van der Waals surface area contributed by atoms with Crippen molar-refractivity contribution in [1.29, 1.82) is 5.26 Å². The number of aromatic amines is 1. The van der Waals surface area contributed by atoms with Gasteiger partial charge < -0.3 is 15.0 Å². The molecule has 0 aromatic carbocycles. The number of pyridine rings is 1. The van der Waals surface area contributed by atoms with Gasteiger partial charge in [0.05, 0.1) is 31.0 Å². The normalized spacial score (nSPS) is 20.5. The van der Waals surface area contributed by atoms with Crippen LogP contribution in [-0.4, -0.2) is 66.9 Å². The molecule has 4 aromatic heterocycles. The summed E-state index contributed by atoms with van der Waals surface area (Å²) in [7, 11) is 0. The third kappa shape index (κ3) is 6.07. The lowest BCUT2D eigenvalue weighted by Gasteiger charge is -2.53. The summed E-state index contributed by atoms with van der Waals surface area (Å²) in [6.07, 6.45) is 6.73. The molecule has 43 heavy (non-hydrogen) atoms. The Kier molecular flexibility index (Phi) is 8.07. The van der Waals surface area contributed by atoms with Crippen molar-refractivity contribution in [1.82, 2.24) is 39.9 Å². The standard InChI is InChI=1S/C30H34F3N9O/c1-2-35-13-21-11-25(30(31,32)33)40-26(12-21)43-16-20-3-5-23(6-4-20)41-17-29(18-41,8-9-34)42-15-22(14-39-42)27-24-7-10-36-28(24)38-19-37-27/h7,10-12,14-15,19-20,23,35H,2-6,8,13,16-18H2,1H3,(H,36,37,38). The molecule has 0 atom stereocenters. The van der Waals surface area contributed by atoms with Crippen LogP contribution in [0.5, 0.6) is 5.88 Å². The first-order valence-electron chi connectivity index (χ1n) is 14.6. The maximum Gasteiger partial charge on any atom is 0.433 e. The average Bonchev–Trinajstić information content (AvgIpc) is 3.67. The van der Waals surface area contributed by atoms with Gasteiger partial charge in [-0.25, -0.2) is 15.0 Å². The summed E-state index contributed by atoms with van der Waals surface area (Å²) in [5.41, 5.74) is 1.62. The van der Waals surface area contributed by atoms with E-state index >= 15 is 0 Å². The van der Waals surface area contributed by atoms with E-state index in [2.05, 4.69) is 41.3 Å². The Hall–Kier alpha value is -4.02. The van der Waals surface area contributed by atoms with Crippen LogP contribution in [0.1, 0.15) is 50.3 Å². The van der Waals surface area contributed by atoms with Gasteiger partial charge in [-0.15, -0.1) is 0 Å². The van der Waals surface area contributed by atoms with Gasteiger partial charge in [0.2, 0.25) is 5.88 Å². The fraction of sp³-hybridized carbons (Fsp3) is 0.500. The smallest absolute Gasteiger partial charge is 0.433 e. The summed E-state index contributed by atoms with van der Waals surface area (Å²) < 4.78 is 47.9. The topological polar surface area (TPSA) is 121 Å². The van der Waals surface area contributed by atoms with E-state index in [0.29, 0.717) is 37.7 Å². The predicted octanol–water partition coefficient (Wildman–Crippen LogP) is 4.91. The second kappa shape index (κ2) is 11.9. The minimum atomic E-state index is -4.53. The molecular formula is C30H34F3N9O. The first-order valence-corrected chi connectivity index (χ1v) is 14.6. The summed E-state index contributed by atoms with van der Waals surface area (Å²) in [5.74, 6) is 0.272. The summed E-state index contributed by atoms with van der Waals surface area (Å²) in [4.78, 5) is 18.0. The number of hydrogen-bond acceptors (Lipinski definition) is 8. The first-order chi connectivity index (χ1) is 20.8. The van der Waals surface area contributed by atoms with Crippen molar-refractivity contribution in [2.24, 2.45) is 5.92 Å². The molecule has 1 aliphatic carbocycles. The molecule has 6 rings (SSSR count). The summed E-state index contributed by atoms with van der Waals surface area (Å²) >= 11 is 0. The summed E-state index contributed by atoms with van der Waals surface area (Å²) in [6.45, 7) is 4.69. The number of halogens is 3. The molecule has 0 amide bonds. The van der Waals surface area contributed by atoms with E-state index in [1.807, 2.05) is 30.1 Å². The lowest BCUT2D eigenvalue weighted by molar-refractivity contribution is -0.141. The molecule has 0 radical (unpaired) electrons. The van der Waals surface area contributed by atoms with Gasteiger partial charge in [0, 0.05) is 55.1 Å². The number of rotatable bonds is 10. The molecule has 0 bridgehead atoms. The van der Waals surface area contributed by atoms with Crippen LogP contribution in [-0.2, 0) is 18.3 Å². The Balaban J connectivity index is 1.05. The highest BCUT2D eigenvalue weighted by atomic mass is 19.4. The number of nitrogens with one attached hydrogen (secondary N) is 2. The molecule has 1 saturated carbocycles. The fourth-order valence-electron chi connectivity index (χ4n) is 6.29. The predicted molar refractivity (Wildman–Crippen MR) is 153 cm³/mol. The van der Waals surface area contributed by atoms with Crippen molar-refractivity contribution in [3.8, 4) is 23.2 Å². The van der Waals surface area contributed by atoms with Gasteiger partial charge in [-0.2, -0.15) is 23.5 Å². The van der Waals surface area contributed by atoms with E-state index in [0.717, 1.165) is 67.1 Å². The lowest BCUT2D eigenvalue weighted by atomic mass is 9.80. The van der Waals surface area contributed by atoms with E-state index in [-0.39, 0.29) is 11.8 Å². The van der Waals surface area contributed by atoms with Gasteiger partial charge in [0.25, 0.3) is 0 Å². The average molecular weight is 594 g/mol. The van der Waals surface area contributed by atoms with E-state index in [9.17, 15) is 18.4 Å². The van der Waals surface area contributed by atoms with Crippen molar-refractivity contribution in [3.63, 3.8) is 0 Å². The highest BCUT2D eigenvalue weighted by molar-refractivity contribution is 5.90. The van der Waals surface area contributed by atoms with Gasteiger partial charge in [0.1, 0.15) is 23.2 Å². The van der Waals surface area contributed by atoms with E-state index < -0.39 is 17.4 Å². The van der Waals surface area contributed by atoms with Gasteiger partial charge >= 0.3 is 6.18 Å². The van der Waals surface area contributed by atoms with Crippen molar-refractivity contribution in [3.05, 3.63) is 54.4 Å². The molecule has 2 N–H and O–H groups in total. The molecular weight excluding hydrogens is 559 g/mol. The molecule has 10 nitrogen and oxygen atoms in total. The van der Waals surface area contributed by atoms with Crippen LogP contribution >= 0.6 is 0 Å². The number of alkyl halides is 3.